The van der Waals surface area contributed by atoms with Crippen LogP contribution in [-0.4, -0.2) is 31.4 Å². The van der Waals surface area contributed by atoms with Crippen LogP contribution in [0.2, 0.25) is 0 Å². The Bertz CT molecular complexity index is 369. The molecular weight excluding hydrogens is 224 g/mol. The number of hydrogen-bond donors (Lipinski definition) is 1. The maximum atomic E-state index is 11.4. The van der Waals surface area contributed by atoms with Crippen LogP contribution in [0.3, 0.4) is 0 Å². The molecule has 0 aliphatic rings. The molecular formula is C15H24N2O. The topological polar surface area (TPSA) is 32.3 Å². The van der Waals surface area contributed by atoms with Crippen molar-refractivity contribution < 1.29 is 4.79 Å². The third-order valence-electron chi connectivity index (χ3n) is 2.99. The van der Waals surface area contributed by atoms with Gasteiger partial charge in [0.25, 0.3) is 0 Å². The molecule has 0 unspecified atom stereocenters. The summed E-state index contributed by atoms with van der Waals surface area (Å²) in [5, 5.41) is 3.29. The Morgan fingerprint density at radius 3 is 2.33 bits per heavy atom. The highest BCUT2D eigenvalue weighted by molar-refractivity contribution is 5.75. The standard InChI is InChI=1S/C15H24N2O/c1-12(2)14-7-5-13(6-8-14)11-16-10-9-15(18)17(3)4/h5-8,12,16H,9-11H2,1-4H3. The predicted octanol–water partition coefficient (Wildman–Crippen LogP) is 2.38. The molecule has 0 aliphatic carbocycles. The van der Waals surface area contributed by atoms with E-state index in [1.807, 2.05) is 0 Å². The summed E-state index contributed by atoms with van der Waals surface area (Å²) < 4.78 is 0. The smallest absolute Gasteiger partial charge is 0.223 e. The van der Waals surface area contributed by atoms with Crippen molar-refractivity contribution in [3.8, 4) is 0 Å². The monoisotopic (exact) mass is 248 g/mol. The zero-order chi connectivity index (χ0) is 13.5. The summed E-state index contributed by atoms with van der Waals surface area (Å²) >= 11 is 0. The summed E-state index contributed by atoms with van der Waals surface area (Å²) in [7, 11) is 3.57. The van der Waals surface area contributed by atoms with E-state index in [2.05, 4.69) is 43.4 Å². The van der Waals surface area contributed by atoms with Crippen LogP contribution in [0.1, 0.15) is 37.3 Å². The molecule has 1 aromatic rings. The van der Waals surface area contributed by atoms with Gasteiger partial charge in [-0.2, -0.15) is 0 Å². The fraction of sp³-hybridized carbons (Fsp3) is 0.533. The van der Waals surface area contributed by atoms with Crippen LogP contribution < -0.4 is 5.32 Å². The Labute approximate surface area is 110 Å². The molecule has 18 heavy (non-hydrogen) atoms. The van der Waals surface area contributed by atoms with Crippen molar-refractivity contribution in [2.45, 2.75) is 32.7 Å². The number of carbonyl (C=O) groups excluding carboxylic acids is 1. The first-order chi connectivity index (χ1) is 8.50. The van der Waals surface area contributed by atoms with Gasteiger partial charge in [0.15, 0.2) is 0 Å². The van der Waals surface area contributed by atoms with E-state index in [0.29, 0.717) is 12.3 Å². The van der Waals surface area contributed by atoms with Crippen molar-refractivity contribution in [2.75, 3.05) is 20.6 Å². The van der Waals surface area contributed by atoms with Crippen LogP contribution in [0.25, 0.3) is 0 Å². The van der Waals surface area contributed by atoms with Gasteiger partial charge in [0.05, 0.1) is 0 Å². The highest BCUT2D eigenvalue weighted by Gasteiger charge is 2.03. The second-order valence-corrected chi connectivity index (χ2v) is 5.11. The molecule has 3 nitrogen and oxygen atoms in total. The molecule has 0 aliphatic heterocycles. The first kappa shape index (κ1) is 14.7. The normalized spacial score (nSPS) is 10.7. The lowest BCUT2D eigenvalue weighted by Gasteiger charge is -2.11. The van der Waals surface area contributed by atoms with Gasteiger partial charge < -0.3 is 10.2 Å². The lowest BCUT2D eigenvalue weighted by Crippen LogP contribution is -2.26. The highest BCUT2D eigenvalue weighted by atomic mass is 16.2. The van der Waals surface area contributed by atoms with E-state index in [1.54, 1.807) is 19.0 Å². The molecule has 1 amide bonds. The van der Waals surface area contributed by atoms with E-state index in [-0.39, 0.29) is 5.91 Å². The summed E-state index contributed by atoms with van der Waals surface area (Å²) in [6.07, 6.45) is 0.553. The van der Waals surface area contributed by atoms with Gasteiger partial charge in [0.1, 0.15) is 0 Å². The number of nitrogens with one attached hydrogen (secondary N) is 1. The third kappa shape index (κ3) is 4.88. The Morgan fingerprint density at radius 2 is 1.83 bits per heavy atom. The average molecular weight is 248 g/mol. The summed E-state index contributed by atoms with van der Waals surface area (Å²) in [5.41, 5.74) is 2.62. The van der Waals surface area contributed by atoms with Crippen LogP contribution in [0, 0.1) is 0 Å². The molecule has 0 fully saturated rings. The van der Waals surface area contributed by atoms with Gasteiger partial charge in [0.2, 0.25) is 5.91 Å². The summed E-state index contributed by atoms with van der Waals surface area (Å²) in [6.45, 7) is 5.93. The van der Waals surface area contributed by atoms with E-state index in [1.165, 1.54) is 11.1 Å². The molecule has 0 spiro atoms. The first-order valence-electron chi connectivity index (χ1n) is 6.50. The molecule has 0 radical (unpaired) electrons. The van der Waals surface area contributed by atoms with Crippen molar-refractivity contribution in [3.05, 3.63) is 35.4 Å². The minimum absolute atomic E-state index is 0.164. The lowest BCUT2D eigenvalue weighted by molar-refractivity contribution is -0.128. The summed E-state index contributed by atoms with van der Waals surface area (Å²) in [4.78, 5) is 13.0. The van der Waals surface area contributed by atoms with Crippen LogP contribution >= 0.6 is 0 Å². The number of benzene rings is 1. The number of carbonyl (C=O) groups is 1. The van der Waals surface area contributed by atoms with Gasteiger partial charge in [-0.3, -0.25) is 4.79 Å². The highest BCUT2D eigenvalue weighted by Crippen LogP contribution is 2.14. The Morgan fingerprint density at radius 1 is 1.22 bits per heavy atom. The zero-order valence-electron chi connectivity index (χ0n) is 11.9. The number of nitrogens with zero attached hydrogens (tertiary/aromatic N) is 1. The van der Waals surface area contributed by atoms with Crippen molar-refractivity contribution >= 4 is 5.91 Å². The van der Waals surface area contributed by atoms with Gasteiger partial charge in [-0.05, 0) is 17.0 Å². The van der Waals surface area contributed by atoms with Crippen LogP contribution in [0.4, 0.5) is 0 Å². The molecule has 1 N–H and O–H groups in total. The largest absolute Gasteiger partial charge is 0.349 e. The van der Waals surface area contributed by atoms with Crippen LogP contribution in [-0.2, 0) is 11.3 Å². The van der Waals surface area contributed by atoms with Gasteiger partial charge in [0, 0.05) is 33.6 Å². The predicted molar refractivity (Wildman–Crippen MR) is 75.5 cm³/mol. The van der Waals surface area contributed by atoms with Gasteiger partial charge in [-0.1, -0.05) is 38.1 Å². The first-order valence-corrected chi connectivity index (χ1v) is 6.50. The second-order valence-electron chi connectivity index (χ2n) is 5.11. The summed E-state index contributed by atoms with van der Waals surface area (Å²) in [5.74, 6) is 0.738. The van der Waals surface area contributed by atoms with Crippen LogP contribution in [0.5, 0.6) is 0 Å². The molecule has 0 atom stereocenters. The Balaban J connectivity index is 2.29. The quantitative estimate of drug-likeness (QED) is 0.784. The van der Waals surface area contributed by atoms with E-state index in [4.69, 9.17) is 0 Å². The fourth-order valence-corrected chi connectivity index (χ4v) is 1.67. The SMILES string of the molecule is CC(C)c1ccc(CNCCC(=O)N(C)C)cc1. The molecule has 0 heterocycles. The molecule has 0 bridgehead atoms. The molecule has 100 valence electrons. The molecule has 0 saturated heterocycles. The average Bonchev–Trinajstić information content (AvgIpc) is 2.34. The number of amides is 1. The van der Waals surface area contributed by atoms with Crippen molar-refractivity contribution in [1.29, 1.82) is 0 Å². The van der Waals surface area contributed by atoms with Crippen LogP contribution in [0.15, 0.2) is 24.3 Å². The molecule has 1 rings (SSSR count). The van der Waals surface area contributed by atoms with Gasteiger partial charge in [-0.25, -0.2) is 0 Å². The minimum atomic E-state index is 0.164. The van der Waals surface area contributed by atoms with E-state index < -0.39 is 0 Å². The molecule has 0 saturated carbocycles. The molecule has 1 aromatic carbocycles. The van der Waals surface area contributed by atoms with Crippen molar-refractivity contribution in [2.24, 2.45) is 0 Å². The molecule has 3 heteroatoms. The Hall–Kier alpha value is -1.35. The summed E-state index contributed by atoms with van der Waals surface area (Å²) in [6, 6.07) is 8.64. The number of hydrogen-bond acceptors (Lipinski definition) is 2. The molecule has 0 aromatic heterocycles. The maximum Gasteiger partial charge on any atom is 0.223 e. The van der Waals surface area contributed by atoms with Gasteiger partial charge >= 0.3 is 0 Å². The second kappa shape index (κ2) is 7.17. The fourth-order valence-electron chi connectivity index (χ4n) is 1.67. The third-order valence-corrected chi connectivity index (χ3v) is 2.99. The van der Waals surface area contributed by atoms with E-state index in [0.717, 1.165) is 13.1 Å². The maximum absolute atomic E-state index is 11.4. The minimum Gasteiger partial charge on any atom is -0.349 e. The van der Waals surface area contributed by atoms with Crippen molar-refractivity contribution in [1.82, 2.24) is 10.2 Å². The lowest BCUT2D eigenvalue weighted by atomic mass is 10.0. The zero-order valence-corrected chi connectivity index (χ0v) is 11.9. The Kier molecular flexibility index (Phi) is 5.86. The van der Waals surface area contributed by atoms with E-state index in [9.17, 15) is 4.79 Å². The van der Waals surface area contributed by atoms with E-state index >= 15 is 0 Å². The van der Waals surface area contributed by atoms with Crippen molar-refractivity contribution in [3.63, 3.8) is 0 Å². The number of rotatable bonds is 6. The van der Waals surface area contributed by atoms with Gasteiger partial charge in [-0.15, -0.1) is 0 Å².